The highest BCUT2D eigenvalue weighted by Crippen LogP contribution is 2.21. The normalized spacial score (nSPS) is 13.5. The van der Waals surface area contributed by atoms with Gasteiger partial charge in [-0.05, 0) is 68.8 Å². The number of carboxylic acid groups (broad SMARTS) is 1. The Morgan fingerprint density at radius 2 is 1.90 bits per heavy atom. The summed E-state index contributed by atoms with van der Waals surface area (Å²) in [4.78, 5) is 23.3. The summed E-state index contributed by atoms with van der Waals surface area (Å²) in [5.41, 5.74) is 3.51. The first kappa shape index (κ1) is 29.2. The van der Waals surface area contributed by atoms with Crippen molar-refractivity contribution in [2.24, 2.45) is 0 Å². The lowest BCUT2D eigenvalue weighted by molar-refractivity contribution is -0.138. The van der Waals surface area contributed by atoms with Crippen LogP contribution in [0.1, 0.15) is 36.9 Å². The van der Waals surface area contributed by atoms with Crippen molar-refractivity contribution in [1.82, 2.24) is 14.9 Å². The predicted molar refractivity (Wildman–Crippen MR) is 156 cm³/mol. The first-order valence-electron chi connectivity index (χ1n) is 14.3. The highest BCUT2D eigenvalue weighted by atomic mass is 19.1. The Kier molecular flexibility index (Phi) is 9.81. The molecule has 0 bridgehead atoms. The van der Waals surface area contributed by atoms with Crippen LogP contribution in [0.2, 0.25) is 0 Å². The lowest BCUT2D eigenvalue weighted by Gasteiger charge is -2.24. The van der Waals surface area contributed by atoms with Crippen LogP contribution in [0.15, 0.2) is 59.0 Å². The molecule has 3 N–H and O–H groups in total. The van der Waals surface area contributed by atoms with Crippen molar-refractivity contribution in [1.29, 1.82) is 0 Å². The van der Waals surface area contributed by atoms with E-state index in [-0.39, 0.29) is 24.8 Å². The molecule has 0 saturated heterocycles. The number of hydrogen-bond donors (Lipinski definition) is 3. The van der Waals surface area contributed by atoms with Crippen molar-refractivity contribution in [3.05, 3.63) is 77.5 Å². The standard InChI is InChI=1S/C31H35F2N5O4/c32-22-18-23(33)20-25(19-22)41-17-16-38(14-4-3-7-24-11-10-21-6-5-13-34-29(21)35-24)15-12-27(30(39)40)37-31-36-26-8-1-2-9-28(26)42-31/h1-2,8-11,18-20,27H,3-7,12-17H2,(H,34,35)(H,36,37)(H,39,40)/t27-/m0/s1. The second-order valence-corrected chi connectivity index (χ2v) is 10.4. The van der Waals surface area contributed by atoms with Gasteiger partial charge in [0.2, 0.25) is 0 Å². The number of pyridine rings is 1. The van der Waals surface area contributed by atoms with Crippen molar-refractivity contribution in [3.63, 3.8) is 0 Å². The molecular weight excluding hydrogens is 544 g/mol. The molecule has 9 nitrogen and oxygen atoms in total. The molecule has 0 fully saturated rings. The highest BCUT2D eigenvalue weighted by Gasteiger charge is 2.21. The van der Waals surface area contributed by atoms with Gasteiger partial charge in [0.05, 0.1) is 0 Å². The largest absolute Gasteiger partial charge is 0.492 e. The summed E-state index contributed by atoms with van der Waals surface area (Å²) in [5, 5.41) is 16.1. The summed E-state index contributed by atoms with van der Waals surface area (Å²) < 4.78 is 38.4. The van der Waals surface area contributed by atoms with Crippen molar-refractivity contribution in [2.45, 2.75) is 44.6 Å². The number of unbranched alkanes of at least 4 members (excludes halogenated alkanes) is 1. The molecule has 0 aliphatic carbocycles. The third kappa shape index (κ3) is 8.16. The van der Waals surface area contributed by atoms with Gasteiger partial charge in [-0.3, -0.25) is 4.90 Å². The molecule has 2 aromatic heterocycles. The number of aromatic nitrogens is 2. The molecular formula is C31H35F2N5O4. The van der Waals surface area contributed by atoms with Gasteiger partial charge in [-0.1, -0.05) is 18.2 Å². The van der Waals surface area contributed by atoms with Crippen LogP contribution < -0.4 is 15.4 Å². The number of nitrogens with zero attached hydrogens (tertiary/aromatic N) is 3. The Bertz CT molecular complexity index is 1440. The number of rotatable bonds is 15. The van der Waals surface area contributed by atoms with E-state index in [1.165, 1.54) is 5.56 Å². The smallest absolute Gasteiger partial charge is 0.326 e. The number of oxazole rings is 1. The topological polar surface area (TPSA) is 113 Å². The molecule has 3 heterocycles. The number of ether oxygens (including phenoxy) is 1. The minimum atomic E-state index is -1.02. The number of nitrogens with one attached hydrogen (secondary N) is 2. The van der Waals surface area contributed by atoms with Crippen LogP contribution in [0.5, 0.6) is 5.75 Å². The van der Waals surface area contributed by atoms with Gasteiger partial charge in [0.25, 0.3) is 6.01 Å². The van der Waals surface area contributed by atoms with Gasteiger partial charge in [0.15, 0.2) is 5.58 Å². The van der Waals surface area contributed by atoms with Crippen LogP contribution >= 0.6 is 0 Å². The van der Waals surface area contributed by atoms with Gasteiger partial charge >= 0.3 is 5.97 Å². The number of para-hydroxylation sites is 2. The van der Waals surface area contributed by atoms with Gasteiger partial charge in [-0.25, -0.2) is 18.6 Å². The molecule has 0 spiro atoms. The van der Waals surface area contributed by atoms with Gasteiger partial charge in [-0.15, -0.1) is 0 Å². The van der Waals surface area contributed by atoms with E-state index < -0.39 is 23.6 Å². The molecule has 5 rings (SSSR count). The van der Waals surface area contributed by atoms with Crippen molar-refractivity contribution in [2.75, 3.05) is 43.4 Å². The van der Waals surface area contributed by atoms with Gasteiger partial charge in [0, 0.05) is 43.5 Å². The fraction of sp³-hybridized carbons (Fsp3) is 0.387. The molecule has 0 unspecified atom stereocenters. The van der Waals surface area contributed by atoms with Crippen molar-refractivity contribution in [3.8, 4) is 5.75 Å². The second-order valence-electron chi connectivity index (χ2n) is 10.4. The van der Waals surface area contributed by atoms with E-state index in [4.69, 9.17) is 14.1 Å². The fourth-order valence-corrected chi connectivity index (χ4v) is 5.04. The molecule has 222 valence electrons. The van der Waals surface area contributed by atoms with Crippen molar-refractivity contribution >= 4 is 28.9 Å². The number of benzene rings is 2. The SMILES string of the molecule is O=C(O)[C@H](CCN(CCCCc1ccc2c(n1)NCCC2)CCOc1cc(F)cc(F)c1)Nc1nc2ccccc2o1. The average molecular weight is 580 g/mol. The molecule has 1 aliphatic heterocycles. The monoisotopic (exact) mass is 579 g/mol. The van der Waals surface area contributed by atoms with Gasteiger partial charge < -0.3 is 24.9 Å². The number of fused-ring (bicyclic) bond motifs is 2. The van der Waals surface area contributed by atoms with Crippen molar-refractivity contribution < 1.29 is 27.8 Å². The Morgan fingerprint density at radius 1 is 1.07 bits per heavy atom. The van der Waals surface area contributed by atoms with Crippen LogP contribution in [-0.4, -0.2) is 64.8 Å². The Morgan fingerprint density at radius 3 is 2.71 bits per heavy atom. The molecule has 42 heavy (non-hydrogen) atoms. The first-order valence-corrected chi connectivity index (χ1v) is 14.3. The summed E-state index contributed by atoms with van der Waals surface area (Å²) in [6.45, 7) is 2.73. The van der Waals surface area contributed by atoms with E-state index in [1.807, 2.05) is 12.1 Å². The quantitative estimate of drug-likeness (QED) is 0.157. The number of aliphatic carboxylic acids is 1. The zero-order valence-electron chi connectivity index (χ0n) is 23.3. The van der Waals surface area contributed by atoms with Crippen LogP contribution in [0.25, 0.3) is 11.1 Å². The fourth-order valence-electron chi connectivity index (χ4n) is 5.04. The van der Waals surface area contributed by atoms with E-state index in [0.717, 1.165) is 68.4 Å². The molecule has 2 aromatic carbocycles. The number of anilines is 2. The molecule has 1 atom stereocenters. The molecule has 11 heteroatoms. The van der Waals surface area contributed by atoms with E-state index in [0.29, 0.717) is 30.7 Å². The second kappa shape index (κ2) is 14.1. The lowest BCUT2D eigenvalue weighted by Crippen LogP contribution is -2.37. The molecule has 0 saturated carbocycles. The number of hydrogen-bond acceptors (Lipinski definition) is 8. The Hall–Kier alpha value is -4.25. The zero-order chi connectivity index (χ0) is 29.3. The van der Waals surface area contributed by atoms with E-state index in [1.54, 1.807) is 12.1 Å². The number of carboxylic acids is 1. The summed E-state index contributed by atoms with van der Waals surface area (Å²) >= 11 is 0. The maximum atomic E-state index is 13.6. The Labute approximate surface area is 242 Å². The minimum absolute atomic E-state index is 0.112. The highest BCUT2D eigenvalue weighted by molar-refractivity contribution is 5.78. The van der Waals surface area contributed by atoms with E-state index >= 15 is 0 Å². The maximum Gasteiger partial charge on any atom is 0.326 e. The minimum Gasteiger partial charge on any atom is -0.492 e. The maximum absolute atomic E-state index is 13.6. The lowest BCUT2D eigenvalue weighted by atomic mass is 10.1. The molecule has 4 aromatic rings. The summed E-state index contributed by atoms with van der Waals surface area (Å²) in [6, 6.07) is 13.8. The van der Waals surface area contributed by atoms with E-state index in [2.05, 4.69) is 32.7 Å². The van der Waals surface area contributed by atoms with Crippen LogP contribution in [-0.2, 0) is 17.6 Å². The third-order valence-corrected chi connectivity index (χ3v) is 7.25. The Balaban J connectivity index is 1.17. The van der Waals surface area contributed by atoms with Gasteiger partial charge in [0.1, 0.15) is 41.4 Å². The number of halogens is 2. The molecule has 0 radical (unpaired) electrons. The van der Waals surface area contributed by atoms with E-state index in [9.17, 15) is 18.7 Å². The first-order chi connectivity index (χ1) is 20.4. The summed E-state index contributed by atoms with van der Waals surface area (Å²) in [7, 11) is 0. The van der Waals surface area contributed by atoms with Crippen LogP contribution in [0.4, 0.5) is 20.6 Å². The third-order valence-electron chi connectivity index (χ3n) is 7.25. The van der Waals surface area contributed by atoms with Crippen LogP contribution in [0.3, 0.4) is 0 Å². The number of carbonyl (C=O) groups is 1. The molecule has 0 amide bonds. The molecule has 1 aliphatic rings. The number of aryl methyl sites for hydroxylation is 2. The summed E-state index contributed by atoms with van der Waals surface area (Å²) in [6.07, 6.45) is 5.04. The zero-order valence-corrected chi connectivity index (χ0v) is 23.3. The van der Waals surface area contributed by atoms with Crippen LogP contribution in [0, 0.1) is 11.6 Å². The average Bonchev–Trinajstić information content (AvgIpc) is 3.39. The predicted octanol–water partition coefficient (Wildman–Crippen LogP) is 5.52. The summed E-state index contributed by atoms with van der Waals surface area (Å²) in [5.74, 6) is -1.33. The van der Waals surface area contributed by atoms with Gasteiger partial charge in [-0.2, -0.15) is 4.98 Å².